The Bertz CT molecular complexity index is 342. The molecule has 0 bridgehead atoms. The number of cyclic esters (lactones) is 1. The van der Waals surface area contributed by atoms with Crippen LogP contribution >= 0.6 is 15.9 Å². The second kappa shape index (κ2) is 5.48. The zero-order valence-corrected chi connectivity index (χ0v) is 11.1. The molecule has 0 aromatic rings. The fraction of sp³-hybridized carbons (Fsp3) is 0.700. The van der Waals surface area contributed by atoms with Crippen LogP contribution < -0.4 is 0 Å². The van der Waals surface area contributed by atoms with E-state index in [9.17, 15) is 14.4 Å². The van der Waals surface area contributed by atoms with Crippen molar-refractivity contribution in [2.75, 3.05) is 13.2 Å². The summed E-state index contributed by atoms with van der Waals surface area (Å²) in [5.41, 5.74) is 0. The van der Waals surface area contributed by atoms with Gasteiger partial charge in [-0.15, -0.1) is 0 Å². The smallest absolute Gasteiger partial charge is 0.326 e. The first-order chi connectivity index (χ1) is 7.83. The van der Waals surface area contributed by atoms with Crippen LogP contribution in [0.15, 0.2) is 0 Å². The Hall–Kier alpha value is -1.11. The Morgan fingerprint density at radius 3 is 2.53 bits per heavy atom. The number of ether oxygens (including phenoxy) is 3. The molecule has 1 saturated heterocycles. The Morgan fingerprint density at radius 2 is 2.00 bits per heavy atom. The zero-order chi connectivity index (χ0) is 13.1. The normalized spacial score (nSPS) is 27.5. The highest BCUT2D eigenvalue weighted by molar-refractivity contribution is 9.10. The number of hydrogen-bond acceptors (Lipinski definition) is 6. The minimum absolute atomic E-state index is 0.00843. The summed E-state index contributed by atoms with van der Waals surface area (Å²) >= 11 is 3.20. The average molecular weight is 309 g/mol. The van der Waals surface area contributed by atoms with Gasteiger partial charge in [-0.1, -0.05) is 15.9 Å². The molecule has 7 heteroatoms. The van der Waals surface area contributed by atoms with Crippen LogP contribution in [-0.2, 0) is 28.6 Å². The standard InChI is InChI=1S/C10H13BrO6/c1-6(12)15-4-8-3-10(11,9(14)17-8)5-16-7(2)13/h8H,3-5H2,1-2H3/t8-,10+/m0/s1. The van der Waals surface area contributed by atoms with Crippen LogP contribution in [0.5, 0.6) is 0 Å². The van der Waals surface area contributed by atoms with E-state index in [1.54, 1.807) is 0 Å². The molecule has 1 aliphatic heterocycles. The van der Waals surface area contributed by atoms with E-state index >= 15 is 0 Å². The van der Waals surface area contributed by atoms with Crippen molar-refractivity contribution in [3.63, 3.8) is 0 Å². The summed E-state index contributed by atoms with van der Waals surface area (Å²) in [6, 6.07) is 0. The van der Waals surface area contributed by atoms with Crippen molar-refractivity contribution in [1.29, 1.82) is 0 Å². The molecule has 1 aliphatic rings. The van der Waals surface area contributed by atoms with Gasteiger partial charge in [-0.2, -0.15) is 0 Å². The van der Waals surface area contributed by atoms with E-state index in [2.05, 4.69) is 15.9 Å². The third-order valence-electron chi connectivity index (χ3n) is 2.17. The van der Waals surface area contributed by atoms with Gasteiger partial charge in [0, 0.05) is 20.3 Å². The number of halogens is 1. The molecular weight excluding hydrogens is 296 g/mol. The predicted octanol–water partition coefficient (Wildman–Crippen LogP) is 0.562. The number of hydrogen-bond donors (Lipinski definition) is 0. The van der Waals surface area contributed by atoms with Crippen LogP contribution in [0.3, 0.4) is 0 Å². The molecule has 2 atom stereocenters. The number of carbonyl (C=O) groups excluding carboxylic acids is 3. The molecule has 6 nitrogen and oxygen atoms in total. The molecule has 0 unspecified atom stereocenters. The molecule has 0 spiro atoms. The lowest BCUT2D eigenvalue weighted by Gasteiger charge is -2.15. The first-order valence-corrected chi connectivity index (χ1v) is 5.79. The summed E-state index contributed by atoms with van der Waals surface area (Å²) in [7, 11) is 0. The lowest BCUT2D eigenvalue weighted by molar-refractivity contribution is -0.153. The van der Waals surface area contributed by atoms with Crippen molar-refractivity contribution in [2.45, 2.75) is 30.7 Å². The Morgan fingerprint density at radius 1 is 1.41 bits per heavy atom. The molecule has 0 saturated carbocycles. The third kappa shape index (κ3) is 3.99. The Balaban J connectivity index is 2.50. The van der Waals surface area contributed by atoms with Crippen LogP contribution in [0.2, 0.25) is 0 Å². The van der Waals surface area contributed by atoms with Gasteiger partial charge in [-0.3, -0.25) is 14.4 Å². The van der Waals surface area contributed by atoms with Gasteiger partial charge < -0.3 is 14.2 Å². The van der Waals surface area contributed by atoms with Crippen LogP contribution in [0.1, 0.15) is 20.3 Å². The van der Waals surface area contributed by atoms with Gasteiger partial charge in [0.1, 0.15) is 19.3 Å². The van der Waals surface area contributed by atoms with E-state index < -0.39 is 28.3 Å². The van der Waals surface area contributed by atoms with Crippen LogP contribution in [0.4, 0.5) is 0 Å². The van der Waals surface area contributed by atoms with Gasteiger partial charge >= 0.3 is 17.9 Å². The SMILES string of the molecule is CC(=O)OC[C@@H]1C[C@@](Br)(COC(C)=O)C(=O)O1. The first-order valence-electron chi connectivity index (χ1n) is 5.00. The quantitative estimate of drug-likeness (QED) is 0.429. The van der Waals surface area contributed by atoms with Crippen LogP contribution in [-0.4, -0.2) is 41.5 Å². The molecular formula is C10H13BrO6. The maximum atomic E-state index is 11.6. The minimum Gasteiger partial charge on any atom is -0.464 e. The van der Waals surface area contributed by atoms with Crippen molar-refractivity contribution in [3.05, 3.63) is 0 Å². The van der Waals surface area contributed by atoms with E-state index in [1.165, 1.54) is 13.8 Å². The Labute approximate surface area is 107 Å². The number of carbonyl (C=O) groups is 3. The highest BCUT2D eigenvalue weighted by Crippen LogP contribution is 2.34. The highest BCUT2D eigenvalue weighted by atomic mass is 79.9. The van der Waals surface area contributed by atoms with E-state index in [1.807, 2.05) is 0 Å². The molecule has 0 aromatic carbocycles. The maximum Gasteiger partial charge on any atom is 0.326 e. The molecule has 0 aliphatic carbocycles. The number of alkyl halides is 1. The van der Waals surface area contributed by atoms with E-state index in [4.69, 9.17) is 14.2 Å². The van der Waals surface area contributed by atoms with Gasteiger partial charge in [-0.25, -0.2) is 0 Å². The van der Waals surface area contributed by atoms with Crippen molar-refractivity contribution >= 4 is 33.8 Å². The maximum absolute atomic E-state index is 11.6. The fourth-order valence-electron chi connectivity index (χ4n) is 1.38. The topological polar surface area (TPSA) is 78.9 Å². The van der Waals surface area contributed by atoms with Gasteiger partial charge in [0.15, 0.2) is 4.32 Å². The Kier molecular flexibility index (Phi) is 4.50. The van der Waals surface area contributed by atoms with E-state index in [-0.39, 0.29) is 19.6 Å². The number of rotatable bonds is 4. The highest BCUT2D eigenvalue weighted by Gasteiger charge is 2.48. The van der Waals surface area contributed by atoms with E-state index in [0.29, 0.717) is 0 Å². The van der Waals surface area contributed by atoms with Gasteiger partial charge in [0.25, 0.3) is 0 Å². The second-order valence-electron chi connectivity index (χ2n) is 3.78. The molecule has 0 radical (unpaired) electrons. The fourth-order valence-corrected chi connectivity index (χ4v) is 1.95. The molecule has 1 rings (SSSR count). The average Bonchev–Trinajstić information content (AvgIpc) is 2.50. The lowest BCUT2D eigenvalue weighted by Crippen LogP contribution is -2.33. The predicted molar refractivity (Wildman–Crippen MR) is 59.4 cm³/mol. The molecule has 1 heterocycles. The molecule has 96 valence electrons. The lowest BCUT2D eigenvalue weighted by atomic mass is 10.1. The van der Waals surface area contributed by atoms with Gasteiger partial charge in [0.05, 0.1) is 0 Å². The van der Waals surface area contributed by atoms with E-state index in [0.717, 1.165) is 0 Å². The minimum atomic E-state index is -1.04. The van der Waals surface area contributed by atoms with Crippen molar-refractivity contribution in [1.82, 2.24) is 0 Å². The molecule has 0 N–H and O–H groups in total. The molecule has 17 heavy (non-hydrogen) atoms. The van der Waals surface area contributed by atoms with Crippen molar-refractivity contribution in [3.8, 4) is 0 Å². The summed E-state index contributed by atoms with van der Waals surface area (Å²) < 4.78 is 13.5. The molecule has 0 amide bonds. The second-order valence-corrected chi connectivity index (χ2v) is 5.30. The van der Waals surface area contributed by atoms with Gasteiger partial charge in [0.2, 0.25) is 0 Å². The monoisotopic (exact) mass is 308 g/mol. The van der Waals surface area contributed by atoms with Gasteiger partial charge in [-0.05, 0) is 0 Å². The van der Waals surface area contributed by atoms with Crippen LogP contribution in [0, 0.1) is 0 Å². The van der Waals surface area contributed by atoms with Crippen molar-refractivity contribution in [2.24, 2.45) is 0 Å². The largest absolute Gasteiger partial charge is 0.464 e. The first kappa shape index (κ1) is 14.0. The summed E-state index contributed by atoms with van der Waals surface area (Å²) in [6.07, 6.45) is -0.229. The molecule has 0 aromatic heterocycles. The summed E-state index contributed by atoms with van der Waals surface area (Å²) in [6.45, 7) is 2.44. The summed E-state index contributed by atoms with van der Waals surface area (Å²) in [5.74, 6) is -1.43. The zero-order valence-electron chi connectivity index (χ0n) is 9.53. The molecule has 1 fully saturated rings. The van der Waals surface area contributed by atoms with Crippen LogP contribution in [0.25, 0.3) is 0 Å². The van der Waals surface area contributed by atoms with Crippen molar-refractivity contribution < 1.29 is 28.6 Å². The summed E-state index contributed by atoms with van der Waals surface area (Å²) in [4.78, 5) is 32.9. The summed E-state index contributed by atoms with van der Waals surface area (Å²) in [5, 5.41) is 0. The number of esters is 3. The third-order valence-corrected chi connectivity index (χ3v) is 3.04.